The number of benzene rings is 1. The van der Waals surface area contributed by atoms with Crippen molar-refractivity contribution in [1.82, 2.24) is 15.2 Å². The Kier molecular flexibility index (Phi) is 7.78. The van der Waals surface area contributed by atoms with Crippen molar-refractivity contribution in [3.63, 3.8) is 0 Å². The molecular formula is C20H24ClN3O4. The lowest BCUT2D eigenvalue weighted by Gasteiger charge is -2.28. The Morgan fingerprint density at radius 1 is 1.11 bits per heavy atom. The first-order chi connectivity index (χ1) is 13.1. The van der Waals surface area contributed by atoms with E-state index in [4.69, 9.17) is 4.74 Å². The molecule has 7 nitrogen and oxygen atoms in total. The van der Waals surface area contributed by atoms with Crippen molar-refractivity contribution in [3.05, 3.63) is 59.9 Å². The number of nitrogens with one attached hydrogen (secondary N) is 1. The monoisotopic (exact) mass is 405 g/mol. The summed E-state index contributed by atoms with van der Waals surface area (Å²) >= 11 is 0. The summed E-state index contributed by atoms with van der Waals surface area (Å²) in [6.07, 6.45) is 3.78. The van der Waals surface area contributed by atoms with Gasteiger partial charge < -0.3 is 20.1 Å². The molecule has 2 amide bonds. The number of aliphatic hydroxyl groups excluding tert-OH is 1. The fraction of sp³-hybridized carbons (Fsp3) is 0.350. The first kappa shape index (κ1) is 21.7. The molecule has 28 heavy (non-hydrogen) atoms. The van der Waals surface area contributed by atoms with Crippen molar-refractivity contribution in [1.29, 1.82) is 0 Å². The van der Waals surface area contributed by atoms with Gasteiger partial charge in [-0.05, 0) is 54.8 Å². The van der Waals surface area contributed by atoms with E-state index in [1.165, 1.54) is 0 Å². The molecule has 0 saturated carbocycles. The smallest absolute Gasteiger partial charge is 0.252 e. The van der Waals surface area contributed by atoms with Gasteiger partial charge in [0.2, 0.25) is 5.91 Å². The molecule has 2 heterocycles. The Morgan fingerprint density at radius 2 is 1.71 bits per heavy atom. The van der Waals surface area contributed by atoms with Gasteiger partial charge in [-0.25, -0.2) is 0 Å². The summed E-state index contributed by atoms with van der Waals surface area (Å²) in [6.45, 7) is 1.27. The Bertz CT molecular complexity index is 780. The fourth-order valence-corrected chi connectivity index (χ4v) is 3.13. The highest BCUT2D eigenvalue weighted by atomic mass is 35.5. The van der Waals surface area contributed by atoms with Gasteiger partial charge in [0.25, 0.3) is 5.91 Å². The van der Waals surface area contributed by atoms with E-state index in [9.17, 15) is 14.7 Å². The molecule has 3 rings (SSSR count). The van der Waals surface area contributed by atoms with Gasteiger partial charge >= 0.3 is 0 Å². The third-order valence-electron chi connectivity index (χ3n) is 4.69. The predicted molar refractivity (Wildman–Crippen MR) is 107 cm³/mol. The van der Waals surface area contributed by atoms with Crippen LogP contribution in [0.5, 0.6) is 5.75 Å². The van der Waals surface area contributed by atoms with Crippen molar-refractivity contribution in [2.45, 2.75) is 25.0 Å². The van der Waals surface area contributed by atoms with E-state index in [1.54, 1.807) is 60.8 Å². The van der Waals surface area contributed by atoms with Crippen LogP contribution < -0.4 is 10.1 Å². The largest absolute Gasteiger partial charge is 0.497 e. The molecule has 0 aliphatic carbocycles. The molecule has 1 saturated heterocycles. The minimum Gasteiger partial charge on any atom is -0.497 e. The summed E-state index contributed by atoms with van der Waals surface area (Å²) in [7, 11) is 1.55. The number of aromatic nitrogens is 1. The highest BCUT2D eigenvalue weighted by molar-refractivity contribution is 5.98. The molecule has 0 bridgehead atoms. The average molecular weight is 406 g/mol. The average Bonchev–Trinajstić information content (AvgIpc) is 3.26. The molecule has 0 spiro atoms. The van der Waals surface area contributed by atoms with Crippen LogP contribution in [-0.4, -0.2) is 53.0 Å². The molecule has 0 unspecified atom stereocenters. The van der Waals surface area contributed by atoms with Crippen LogP contribution in [0.1, 0.15) is 34.9 Å². The number of pyridine rings is 1. The number of hydrogen-bond acceptors (Lipinski definition) is 5. The summed E-state index contributed by atoms with van der Waals surface area (Å²) in [5.41, 5.74) is 0.912. The van der Waals surface area contributed by atoms with Gasteiger partial charge in [0.1, 0.15) is 17.9 Å². The van der Waals surface area contributed by atoms with Crippen LogP contribution >= 0.6 is 12.4 Å². The number of likely N-dealkylation sites (tertiary alicyclic amines) is 1. The fourth-order valence-electron chi connectivity index (χ4n) is 3.13. The second-order valence-electron chi connectivity index (χ2n) is 6.44. The van der Waals surface area contributed by atoms with E-state index in [1.807, 2.05) is 0 Å². The highest BCUT2D eigenvalue weighted by Gasteiger charge is 2.34. The highest BCUT2D eigenvalue weighted by Crippen LogP contribution is 2.21. The van der Waals surface area contributed by atoms with Crippen LogP contribution in [0.25, 0.3) is 0 Å². The number of halogens is 1. The topological polar surface area (TPSA) is 91.8 Å². The maximum Gasteiger partial charge on any atom is 0.252 e. The van der Waals surface area contributed by atoms with Crippen molar-refractivity contribution in [2.24, 2.45) is 0 Å². The lowest BCUT2D eigenvalue weighted by molar-refractivity contribution is -0.135. The number of carbonyl (C=O) groups excluding carboxylic acids is 2. The minimum absolute atomic E-state index is 0. The second-order valence-corrected chi connectivity index (χ2v) is 6.44. The van der Waals surface area contributed by atoms with Gasteiger partial charge in [0.15, 0.2) is 0 Å². The molecule has 2 aromatic rings. The van der Waals surface area contributed by atoms with E-state index in [-0.39, 0.29) is 18.3 Å². The van der Waals surface area contributed by atoms with Crippen LogP contribution in [0.3, 0.4) is 0 Å². The molecule has 1 fully saturated rings. The van der Waals surface area contributed by atoms with E-state index >= 15 is 0 Å². The number of hydrogen-bond donors (Lipinski definition) is 2. The van der Waals surface area contributed by atoms with Gasteiger partial charge in [0.05, 0.1) is 7.11 Å². The van der Waals surface area contributed by atoms with E-state index in [2.05, 4.69) is 10.3 Å². The summed E-state index contributed by atoms with van der Waals surface area (Å²) < 4.78 is 5.09. The van der Waals surface area contributed by atoms with Gasteiger partial charge in [-0.15, -0.1) is 12.4 Å². The molecule has 150 valence electrons. The van der Waals surface area contributed by atoms with Crippen LogP contribution in [0.4, 0.5) is 0 Å². The van der Waals surface area contributed by atoms with Gasteiger partial charge in [-0.1, -0.05) is 0 Å². The Labute approximate surface area is 170 Å². The zero-order chi connectivity index (χ0) is 19.2. The maximum absolute atomic E-state index is 12.9. The number of ether oxygens (including phenoxy) is 1. The van der Waals surface area contributed by atoms with Crippen molar-refractivity contribution < 1.29 is 19.4 Å². The normalized spacial score (nSPS) is 15.3. The first-order valence-corrected chi connectivity index (χ1v) is 8.92. The van der Waals surface area contributed by atoms with Crippen LogP contribution in [0, 0.1) is 0 Å². The molecule has 1 aromatic heterocycles. The number of methoxy groups -OCH3 is 1. The number of amides is 2. The van der Waals surface area contributed by atoms with Gasteiger partial charge in [-0.3, -0.25) is 14.6 Å². The summed E-state index contributed by atoms with van der Waals surface area (Å²) in [4.78, 5) is 31.2. The van der Waals surface area contributed by atoms with Crippen LogP contribution in [0.2, 0.25) is 0 Å². The third-order valence-corrected chi connectivity index (χ3v) is 4.69. The number of carbonyl (C=O) groups is 2. The first-order valence-electron chi connectivity index (χ1n) is 8.92. The van der Waals surface area contributed by atoms with E-state index < -0.39 is 18.1 Å². The SMILES string of the molecule is COc1ccc(C(=O)N[C@@H](C(=O)N2CCCC2)[C@@H](O)c2ccncc2)cc1.Cl. The van der Waals surface area contributed by atoms with Gasteiger partial charge in [0, 0.05) is 31.0 Å². The molecule has 1 aliphatic heterocycles. The molecule has 2 N–H and O–H groups in total. The quantitative estimate of drug-likeness (QED) is 0.766. The number of nitrogens with zero attached hydrogens (tertiary/aromatic N) is 2. The summed E-state index contributed by atoms with van der Waals surface area (Å²) in [5.74, 6) is -0.0740. The molecular weight excluding hydrogens is 382 g/mol. The van der Waals surface area contributed by atoms with Crippen LogP contribution in [-0.2, 0) is 4.79 Å². The molecule has 1 aromatic carbocycles. The molecule has 1 aliphatic rings. The van der Waals surface area contributed by atoms with Crippen molar-refractivity contribution >= 4 is 24.2 Å². The second kappa shape index (κ2) is 10.1. The van der Waals surface area contributed by atoms with Crippen molar-refractivity contribution in [3.8, 4) is 5.75 Å². The Morgan fingerprint density at radius 3 is 2.29 bits per heavy atom. The molecule has 2 atom stereocenters. The maximum atomic E-state index is 12.9. The summed E-state index contributed by atoms with van der Waals surface area (Å²) in [5, 5.41) is 13.5. The third kappa shape index (κ3) is 4.99. The Balaban J connectivity index is 0.00000280. The minimum atomic E-state index is -1.16. The predicted octanol–water partition coefficient (Wildman–Crippen LogP) is 1.97. The zero-order valence-electron chi connectivity index (χ0n) is 15.6. The lowest BCUT2D eigenvalue weighted by atomic mass is 10.0. The van der Waals surface area contributed by atoms with Crippen LogP contribution in [0.15, 0.2) is 48.8 Å². The van der Waals surface area contributed by atoms with E-state index in [0.717, 1.165) is 12.8 Å². The lowest BCUT2D eigenvalue weighted by Crippen LogP contribution is -2.51. The summed E-state index contributed by atoms with van der Waals surface area (Å²) in [6, 6.07) is 8.77. The standard InChI is InChI=1S/C20H23N3O4.ClH/c1-27-16-6-4-15(5-7-16)19(25)22-17(20(26)23-12-2-3-13-23)18(24)14-8-10-21-11-9-14;/h4-11,17-18,24H,2-3,12-13H2,1H3,(H,22,25);1H/t17-,18+;/m1./s1. The Hall–Kier alpha value is -2.64. The zero-order valence-corrected chi connectivity index (χ0v) is 16.4. The van der Waals surface area contributed by atoms with E-state index in [0.29, 0.717) is 30.0 Å². The van der Waals surface area contributed by atoms with Crippen molar-refractivity contribution in [2.75, 3.05) is 20.2 Å². The van der Waals surface area contributed by atoms with Gasteiger partial charge in [-0.2, -0.15) is 0 Å². The number of aliphatic hydroxyl groups is 1. The number of rotatable bonds is 6. The molecule has 8 heteroatoms. The molecule has 0 radical (unpaired) electrons.